The van der Waals surface area contributed by atoms with Crippen LogP contribution in [0.1, 0.15) is 28.4 Å². The monoisotopic (exact) mass is 347 g/mol. The van der Waals surface area contributed by atoms with Gasteiger partial charge in [-0.2, -0.15) is 0 Å². The Kier molecular flexibility index (Phi) is 3.80. The molecule has 0 unspecified atom stereocenters. The number of amides is 1. The van der Waals surface area contributed by atoms with E-state index in [2.05, 4.69) is 0 Å². The fourth-order valence-electron chi connectivity index (χ4n) is 3.33. The Hall–Kier alpha value is -2.67. The second-order valence-corrected chi connectivity index (χ2v) is 6.08. The van der Waals surface area contributed by atoms with Crippen LogP contribution in [0.15, 0.2) is 36.4 Å². The number of carbonyl (C=O) groups excluding carboxylic acids is 1. The first-order valence-corrected chi connectivity index (χ1v) is 7.87. The number of rotatable bonds is 2. The zero-order chi connectivity index (χ0) is 17.6. The van der Waals surface area contributed by atoms with Gasteiger partial charge in [-0.3, -0.25) is 4.79 Å². The average molecular weight is 347 g/mol. The van der Waals surface area contributed by atoms with E-state index in [0.29, 0.717) is 22.6 Å². The Bertz CT molecular complexity index is 842. The van der Waals surface area contributed by atoms with Crippen LogP contribution in [-0.2, 0) is 0 Å². The minimum Gasteiger partial charge on any atom is -0.454 e. The number of hydrogen-bond donors (Lipinski definition) is 1. The number of ether oxygens (including phenoxy) is 2. The predicted molar refractivity (Wildman–Crippen MR) is 83.3 cm³/mol. The van der Waals surface area contributed by atoms with Crippen LogP contribution in [-0.4, -0.2) is 35.4 Å². The third-order valence-electron chi connectivity index (χ3n) is 4.50. The molecule has 1 saturated heterocycles. The molecule has 0 aromatic heterocycles. The van der Waals surface area contributed by atoms with E-state index in [9.17, 15) is 18.7 Å². The second-order valence-electron chi connectivity index (χ2n) is 6.08. The molecule has 2 atom stereocenters. The van der Waals surface area contributed by atoms with Crippen molar-refractivity contribution in [2.75, 3.05) is 13.3 Å². The van der Waals surface area contributed by atoms with Gasteiger partial charge in [-0.15, -0.1) is 0 Å². The van der Waals surface area contributed by atoms with Gasteiger partial charge in [-0.25, -0.2) is 8.78 Å². The summed E-state index contributed by atoms with van der Waals surface area (Å²) in [4.78, 5) is 14.5. The lowest BCUT2D eigenvalue weighted by Crippen LogP contribution is -2.32. The molecule has 0 bridgehead atoms. The van der Waals surface area contributed by atoms with Crippen LogP contribution in [0.4, 0.5) is 8.78 Å². The molecule has 2 aromatic rings. The summed E-state index contributed by atoms with van der Waals surface area (Å²) >= 11 is 0. The molecule has 0 spiro atoms. The molecule has 4 rings (SSSR count). The van der Waals surface area contributed by atoms with Gasteiger partial charge < -0.3 is 19.5 Å². The Labute approximate surface area is 142 Å². The van der Waals surface area contributed by atoms with Crippen LogP contribution in [0.3, 0.4) is 0 Å². The van der Waals surface area contributed by atoms with Gasteiger partial charge in [-0.1, -0.05) is 12.1 Å². The van der Waals surface area contributed by atoms with Gasteiger partial charge in [0.15, 0.2) is 23.1 Å². The van der Waals surface area contributed by atoms with E-state index in [0.717, 1.165) is 12.1 Å². The van der Waals surface area contributed by atoms with Crippen LogP contribution < -0.4 is 9.47 Å². The molecule has 5 nitrogen and oxygen atoms in total. The van der Waals surface area contributed by atoms with Crippen molar-refractivity contribution in [3.05, 3.63) is 59.2 Å². The summed E-state index contributed by atoms with van der Waals surface area (Å²) < 4.78 is 37.4. The molecule has 2 aliphatic rings. The molecule has 0 aliphatic carbocycles. The van der Waals surface area contributed by atoms with Crippen LogP contribution >= 0.6 is 0 Å². The van der Waals surface area contributed by atoms with Crippen LogP contribution in [0.2, 0.25) is 0 Å². The van der Waals surface area contributed by atoms with Crippen molar-refractivity contribution < 1.29 is 28.2 Å². The van der Waals surface area contributed by atoms with Gasteiger partial charge in [0.25, 0.3) is 5.91 Å². The van der Waals surface area contributed by atoms with Gasteiger partial charge in [-0.05, 0) is 36.2 Å². The molecule has 2 heterocycles. The van der Waals surface area contributed by atoms with E-state index in [4.69, 9.17) is 9.47 Å². The molecule has 2 aromatic carbocycles. The van der Waals surface area contributed by atoms with E-state index in [1.165, 1.54) is 11.0 Å². The molecular formula is C18H15F2NO4. The molecule has 2 aliphatic heterocycles. The maximum atomic E-state index is 13.6. The van der Waals surface area contributed by atoms with Gasteiger partial charge in [0.05, 0.1) is 17.7 Å². The number of likely N-dealkylation sites (tertiary alicyclic amines) is 1. The van der Waals surface area contributed by atoms with E-state index in [-0.39, 0.29) is 25.7 Å². The number of aliphatic hydroxyl groups excluding tert-OH is 1. The summed E-state index contributed by atoms with van der Waals surface area (Å²) in [7, 11) is 0. The summed E-state index contributed by atoms with van der Waals surface area (Å²) in [5.74, 6) is -1.45. The quantitative estimate of drug-likeness (QED) is 0.907. The zero-order valence-electron chi connectivity index (χ0n) is 13.1. The summed E-state index contributed by atoms with van der Waals surface area (Å²) in [6.45, 7) is 0.141. The molecule has 0 radical (unpaired) electrons. The minimum atomic E-state index is -0.983. The van der Waals surface area contributed by atoms with E-state index >= 15 is 0 Å². The average Bonchev–Trinajstić information content (AvgIpc) is 3.22. The maximum Gasteiger partial charge on any atom is 0.258 e. The fourth-order valence-corrected chi connectivity index (χ4v) is 3.33. The molecular weight excluding hydrogens is 332 g/mol. The minimum absolute atomic E-state index is 0.0366. The highest BCUT2D eigenvalue weighted by molar-refractivity contribution is 5.98. The van der Waals surface area contributed by atoms with Crippen molar-refractivity contribution in [2.45, 2.75) is 18.6 Å². The van der Waals surface area contributed by atoms with Crippen molar-refractivity contribution in [1.29, 1.82) is 0 Å². The van der Waals surface area contributed by atoms with Gasteiger partial charge >= 0.3 is 0 Å². The third kappa shape index (κ3) is 2.70. The SMILES string of the molecule is O=C(c1cccc2c1OCO2)N1C[C@@H](O)C[C@H]1c1ccc(F)c(F)c1. The molecule has 130 valence electrons. The predicted octanol–water partition coefficient (Wildman–Crippen LogP) is 2.64. The number of nitrogens with zero attached hydrogens (tertiary/aromatic N) is 1. The number of aliphatic hydroxyl groups is 1. The first-order chi connectivity index (χ1) is 12.0. The summed E-state index contributed by atoms with van der Waals surface area (Å²) in [6.07, 6.45) is -0.487. The third-order valence-corrected chi connectivity index (χ3v) is 4.50. The number of benzene rings is 2. The maximum absolute atomic E-state index is 13.6. The van der Waals surface area contributed by atoms with E-state index < -0.39 is 23.8 Å². The normalized spacial score (nSPS) is 21.6. The molecule has 1 N–H and O–H groups in total. The highest BCUT2D eigenvalue weighted by atomic mass is 19.2. The number of fused-ring (bicyclic) bond motifs is 1. The second kappa shape index (κ2) is 6.00. The summed E-state index contributed by atoms with van der Waals surface area (Å²) in [5, 5.41) is 10.0. The van der Waals surface area contributed by atoms with Crippen molar-refractivity contribution in [3.63, 3.8) is 0 Å². The molecule has 7 heteroatoms. The fraction of sp³-hybridized carbons (Fsp3) is 0.278. The Balaban J connectivity index is 1.69. The lowest BCUT2D eigenvalue weighted by atomic mass is 10.0. The largest absolute Gasteiger partial charge is 0.454 e. The van der Waals surface area contributed by atoms with Crippen LogP contribution in [0.25, 0.3) is 0 Å². The molecule has 25 heavy (non-hydrogen) atoms. The number of hydrogen-bond acceptors (Lipinski definition) is 4. The van der Waals surface area contributed by atoms with Gasteiger partial charge in [0, 0.05) is 6.54 Å². The zero-order valence-corrected chi connectivity index (χ0v) is 13.1. The van der Waals surface area contributed by atoms with Crippen LogP contribution in [0, 0.1) is 11.6 Å². The van der Waals surface area contributed by atoms with Crippen molar-refractivity contribution >= 4 is 5.91 Å². The highest BCUT2D eigenvalue weighted by Crippen LogP contribution is 2.39. The van der Waals surface area contributed by atoms with Gasteiger partial charge in [0.2, 0.25) is 6.79 Å². The first kappa shape index (κ1) is 15.8. The lowest BCUT2D eigenvalue weighted by molar-refractivity contribution is 0.0711. The van der Waals surface area contributed by atoms with Crippen molar-refractivity contribution in [1.82, 2.24) is 4.90 Å². The lowest BCUT2D eigenvalue weighted by Gasteiger charge is -2.25. The first-order valence-electron chi connectivity index (χ1n) is 7.87. The smallest absolute Gasteiger partial charge is 0.258 e. The van der Waals surface area contributed by atoms with Crippen molar-refractivity contribution in [3.8, 4) is 11.5 Å². The van der Waals surface area contributed by atoms with Crippen molar-refractivity contribution in [2.24, 2.45) is 0 Å². The highest BCUT2D eigenvalue weighted by Gasteiger charge is 2.37. The van der Waals surface area contributed by atoms with Crippen LogP contribution in [0.5, 0.6) is 11.5 Å². The number of β-amino-alcohol motifs (C(OH)–C–C–N with tert-alkyl or cyclic N) is 1. The summed E-state index contributed by atoms with van der Waals surface area (Å²) in [5.41, 5.74) is 0.755. The molecule has 0 saturated carbocycles. The summed E-state index contributed by atoms with van der Waals surface area (Å²) in [6, 6.07) is 7.96. The molecule has 1 fully saturated rings. The van der Waals surface area contributed by atoms with E-state index in [1.807, 2.05) is 0 Å². The topological polar surface area (TPSA) is 59.0 Å². The Morgan fingerprint density at radius 3 is 2.80 bits per heavy atom. The molecule has 1 amide bonds. The Morgan fingerprint density at radius 1 is 1.16 bits per heavy atom. The number of halogens is 2. The number of para-hydroxylation sites is 1. The van der Waals surface area contributed by atoms with E-state index in [1.54, 1.807) is 18.2 Å². The van der Waals surface area contributed by atoms with Gasteiger partial charge in [0.1, 0.15) is 0 Å². The Morgan fingerprint density at radius 2 is 2.00 bits per heavy atom. The number of carbonyl (C=O) groups is 1. The standard InChI is InChI=1S/C18H15F2NO4/c19-13-5-4-10(6-14(13)20)15-7-11(22)8-21(15)18(23)12-2-1-3-16-17(12)25-9-24-16/h1-6,11,15,22H,7-9H2/t11-,15-/m0/s1.